The van der Waals surface area contributed by atoms with Crippen molar-refractivity contribution in [3.63, 3.8) is 0 Å². The second kappa shape index (κ2) is 5.48. The van der Waals surface area contributed by atoms with Gasteiger partial charge in [0.2, 0.25) is 0 Å². The van der Waals surface area contributed by atoms with Crippen molar-refractivity contribution in [3.05, 3.63) is 17.3 Å². The third kappa shape index (κ3) is 2.24. The molecule has 3 heterocycles. The first-order valence-corrected chi connectivity index (χ1v) is 7.66. The summed E-state index contributed by atoms with van der Waals surface area (Å²) in [6.07, 6.45) is 6.40. The fourth-order valence-corrected chi connectivity index (χ4v) is 3.57. The zero-order valence-corrected chi connectivity index (χ0v) is 11.6. The molecule has 0 radical (unpaired) electrons. The van der Waals surface area contributed by atoms with Gasteiger partial charge < -0.3 is 15.1 Å². The van der Waals surface area contributed by atoms with Gasteiger partial charge in [-0.15, -0.1) is 11.3 Å². The second-order valence-electron chi connectivity index (χ2n) is 4.97. The molecule has 0 bridgehead atoms. The van der Waals surface area contributed by atoms with Gasteiger partial charge >= 0.3 is 0 Å². The number of thiazole rings is 1. The van der Waals surface area contributed by atoms with Gasteiger partial charge in [-0.2, -0.15) is 0 Å². The molecule has 1 aliphatic heterocycles. The predicted molar refractivity (Wildman–Crippen MR) is 75.7 cm³/mol. The van der Waals surface area contributed by atoms with Crippen molar-refractivity contribution in [2.75, 3.05) is 18.1 Å². The lowest BCUT2D eigenvalue weighted by atomic mass is 10.1. The molecule has 19 heavy (non-hydrogen) atoms. The van der Waals surface area contributed by atoms with Crippen molar-refractivity contribution in [1.29, 1.82) is 0 Å². The molecule has 0 saturated carbocycles. The van der Waals surface area contributed by atoms with Crippen LogP contribution in [0.2, 0.25) is 0 Å². The van der Waals surface area contributed by atoms with E-state index in [0.717, 1.165) is 42.3 Å². The SMILES string of the molecule is OCc1c(N2CCCCCC2CO)nc2sccn12. The molecule has 0 amide bonds. The van der Waals surface area contributed by atoms with E-state index >= 15 is 0 Å². The van der Waals surface area contributed by atoms with Crippen molar-refractivity contribution in [3.8, 4) is 0 Å². The number of nitrogens with zero attached hydrogens (tertiary/aromatic N) is 3. The number of hydrogen-bond donors (Lipinski definition) is 2. The third-order valence-corrected chi connectivity index (χ3v) is 4.61. The monoisotopic (exact) mass is 281 g/mol. The summed E-state index contributed by atoms with van der Waals surface area (Å²) >= 11 is 1.57. The summed E-state index contributed by atoms with van der Waals surface area (Å²) < 4.78 is 1.94. The quantitative estimate of drug-likeness (QED) is 0.897. The molecule has 2 N–H and O–H groups in total. The van der Waals surface area contributed by atoms with Gasteiger partial charge in [-0.1, -0.05) is 12.8 Å². The van der Waals surface area contributed by atoms with Crippen LogP contribution in [0.3, 0.4) is 0 Å². The average molecular weight is 281 g/mol. The zero-order valence-electron chi connectivity index (χ0n) is 10.8. The molecule has 1 atom stereocenters. The highest BCUT2D eigenvalue weighted by Crippen LogP contribution is 2.29. The Balaban J connectivity index is 2.02. The Bertz CT molecular complexity index is 551. The molecule has 6 heteroatoms. The van der Waals surface area contributed by atoms with E-state index in [0.29, 0.717) is 0 Å². The van der Waals surface area contributed by atoms with Crippen LogP contribution in [0.4, 0.5) is 5.82 Å². The van der Waals surface area contributed by atoms with Crippen LogP contribution in [0.5, 0.6) is 0 Å². The minimum absolute atomic E-state index is 0.0259. The molecule has 1 aliphatic rings. The van der Waals surface area contributed by atoms with Gasteiger partial charge in [-0.05, 0) is 12.8 Å². The number of aromatic nitrogens is 2. The number of anilines is 1. The highest BCUT2D eigenvalue weighted by atomic mass is 32.1. The fourth-order valence-electron chi connectivity index (χ4n) is 2.84. The maximum atomic E-state index is 9.64. The summed E-state index contributed by atoms with van der Waals surface area (Å²) in [6, 6.07) is 0.123. The Kier molecular flexibility index (Phi) is 3.72. The lowest BCUT2D eigenvalue weighted by Gasteiger charge is -2.29. The Labute approximate surface area is 116 Å². The van der Waals surface area contributed by atoms with Crippen LogP contribution in [-0.4, -0.2) is 38.8 Å². The Morgan fingerprint density at radius 1 is 1.32 bits per heavy atom. The Morgan fingerprint density at radius 3 is 3.00 bits per heavy atom. The topological polar surface area (TPSA) is 61.0 Å². The maximum Gasteiger partial charge on any atom is 0.195 e. The summed E-state index contributed by atoms with van der Waals surface area (Å²) in [4.78, 5) is 7.72. The molecular weight excluding hydrogens is 262 g/mol. The van der Waals surface area contributed by atoms with Gasteiger partial charge in [-0.3, -0.25) is 4.40 Å². The summed E-state index contributed by atoms with van der Waals surface area (Å²) in [6.45, 7) is 1.03. The number of aliphatic hydroxyl groups excluding tert-OH is 2. The van der Waals surface area contributed by atoms with Crippen LogP contribution in [0.15, 0.2) is 11.6 Å². The highest BCUT2D eigenvalue weighted by Gasteiger charge is 2.26. The van der Waals surface area contributed by atoms with Crippen LogP contribution < -0.4 is 4.90 Å². The predicted octanol–water partition coefficient (Wildman–Crippen LogP) is 1.63. The largest absolute Gasteiger partial charge is 0.394 e. The van der Waals surface area contributed by atoms with Crippen LogP contribution >= 0.6 is 11.3 Å². The second-order valence-corrected chi connectivity index (χ2v) is 5.85. The first-order chi connectivity index (χ1) is 9.35. The lowest BCUT2D eigenvalue weighted by Crippen LogP contribution is -2.38. The van der Waals surface area contributed by atoms with Crippen LogP contribution in [0.1, 0.15) is 31.4 Å². The van der Waals surface area contributed by atoms with Gasteiger partial charge in [0.1, 0.15) is 0 Å². The summed E-state index contributed by atoms with van der Waals surface area (Å²) in [5, 5.41) is 21.2. The first-order valence-electron chi connectivity index (χ1n) is 6.78. The van der Waals surface area contributed by atoms with Crippen molar-refractivity contribution in [2.24, 2.45) is 0 Å². The molecule has 1 unspecified atom stereocenters. The van der Waals surface area contributed by atoms with Gasteiger partial charge in [0.15, 0.2) is 10.8 Å². The Morgan fingerprint density at radius 2 is 2.21 bits per heavy atom. The highest BCUT2D eigenvalue weighted by molar-refractivity contribution is 7.15. The van der Waals surface area contributed by atoms with E-state index in [4.69, 9.17) is 0 Å². The fraction of sp³-hybridized carbons (Fsp3) is 0.615. The molecular formula is C13H19N3O2S. The molecule has 0 spiro atoms. The molecule has 0 aliphatic carbocycles. The van der Waals surface area contributed by atoms with E-state index in [-0.39, 0.29) is 19.3 Å². The van der Waals surface area contributed by atoms with Gasteiger partial charge in [0.05, 0.1) is 24.9 Å². The normalized spacial score (nSPS) is 20.9. The van der Waals surface area contributed by atoms with E-state index < -0.39 is 0 Å². The van der Waals surface area contributed by atoms with E-state index in [9.17, 15) is 10.2 Å². The minimum Gasteiger partial charge on any atom is -0.394 e. The van der Waals surface area contributed by atoms with Crippen molar-refractivity contribution in [2.45, 2.75) is 38.3 Å². The first kappa shape index (κ1) is 12.9. The number of fused-ring (bicyclic) bond motifs is 1. The third-order valence-electron chi connectivity index (χ3n) is 3.85. The summed E-state index contributed by atoms with van der Waals surface area (Å²) in [5.41, 5.74) is 0.830. The minimum atomic E-state index is -0.0259. The number of hydrogen-bond acceptors (Lipinski definition) is 5. The molecule has 104 valence electrons. The van der Waals surface area contributed by atoms with Crippen LogP contribution in [0, 0.1) is 0 Å². The van der Waals surface area contributed by atoms with E-state index in [1.54, 1.807) is 11.3 Å². The zero-order chi connectivity index (χ0) is 13.2. The van der Waals surface area contributed by atoms with Gasteiger partial charge in [0.25, 0.3) is 0 Å². The van der Waals surface area contributed by atoms with Crippen molar-refractivity contribution >= 4 is 22.1 Å². The summed E-state index contributed by atoms with van der Waals surface area (Å²) in [7, 11) is 0. The molecule has 3 rings (SSSR count). The maximum absolute atomic E-state index is 9.64. The van der Waals surface area contributed by atoms with Gasteiger partial charge in [-0.25, -0.2) is 4.98 Å². The molecule has 2 aromatic heterocycles. The standard InChI is InChI=1S/C13H19N3O2S/c17-8-10-4-2-1-3-5-15(10)12-11(9-18)16-6-7-19-13(16)14-12/h6-7,10,17-18H,1-5,8-9H2. The molecule has 1 saturated heterocycles. The van der Waals surface area contributed by atoms with Gasteiger partial charge in [0, 0.05) is 18.1 Å². The molecule has 1 fully saturated rings. The Hall–Kier alpha value is -1.11. The van der Waals surface area contributed by atoms with E-state index in [1.165, 1.54) is 6.42 Å². The lowest BCUT2D eigenvalue weighted by molar-refractivity contribution is 0.252. The molecule has 5 nitrogen and oxygen atoms in total. The van der Waals surface area contributed by atoms with Crippen molar-refractivity contribution in [1.82, 2.24) is 9.38 Å². The molecule has 0 aromatic carbocycles. The van der Waals surface area contributed by atoms with Crippen molar-refractivity contribution < 1.29 is 10.2 Å². The van der Waals surface area contributed by atoms with E-state index in [1.807, 2.05) is 16.0 Å². The van der Waals surface area contributed by atoms with Crippen LogP contribution in [-0.2, 0) is 6.61 Å². The van der Waals surface area contributed by atoms with E-state index in [2.05, 4.69) is 9.88 Å². The number of imidazole rings is 1. The van der Waals surface area contributed by atoms with Crippen LogP contribution in [0.25, 0.3) is 4.96 Å². The molecule has 2 aromatic rings. The average Bonchev–Trinajstić information content (AvgIpc) is 2.91. The number of aliphatic hydroxyl groups is 2. The summed E-state index contributed by atoms with van der Waals surface area (Å²) in [5.74, 6) is 0.843. The smallest absolute Gasteiger partial charge is 0.195 e. The number of rotatable bonds is 3.